The van der Waals surface area contributed by atoms with Crippen LogP contribution in [-0.4, -0.2) is 30.4 Å². The molecule has 0 saturated heterocycles. The first-order chi connectivity index (χ1) is 8.08. The lowest BCUT2D eigenvalue weighted by Crippen LogP contribution is -2.29. The maximum atomic E-state index is 11.3. The standard InChI is InChI=1S/C12H23N3O2/c1-9(13)4-7-11(16)14-8-2-3-12(17)15-10-5-6-10/h9-10H,2-8,13H2,1H3,(H,14,16)(H,15,17). The Morgan fingerprint density at radius 3 is 2.59 bits per heavy atom. The maximum absolute atomic E-state index is 11.3. The van der Waals surface area contributed by atoms with Crippen molar-refractivity contribution in [3.8, 4) is 0 Å². The second kappa shape index (κ2) is 7.27. The van der Waals surface area contributed by atoms with Crippen LogP contribution in [0.2, 0.25) is 0 Å². The van der Waals surface area contributed by atoms with Crippen molar-refractivity contribution < 1.29 is 9.59 Å². The summed E-state index contributed by atoms with van der Waals surface area (Å²) in [4.78, 5) is 22.6. The minimum atomic E-state index is 0.0184. The summed E-state index contributed by atoms with van der Waals surface area (Å²) in [6.07, 6.45) is 4.58. The van der Waals surface area contributed by atoms with Crippen LogP contribution in [0.4, 0.5) is 0 Å². The van der Waals surface area contributed by atoms with Crippen molar-refractivity contribution in [2.45, 2.75) is 57.5 Å². The Morgan fingerprint density at radius 1 is 1.29 bits per heavy atom. The zero-order valence-electron chi connectivity index (χ0n) is 10.5. The van der Waals surface area contributed by atoms with Crippen molar-refractivity contribution >= 4 is 11.8 Å². The molecule has 0 aromatic rings. The molecule has 0 bridgehead atoms. The lowest BCUT2D eigenvalue weighted by Gasteiger charge is -2.07. The molecule has 17 heavy (non-hydrogen) atoms. The Bertz CT molecular complexity index is 262. The molecule has 1 fully saturated rings. The number of nitrogens with two attached hydrogens (primary N) is 1. The van der Waals surface area contributed by atoms with Gasteiger partial charge in [-0.2, -0.15) is 0 Å². The molecule has 1 aliphatic carbocycles. The first-order valence-electron chi connectivity index (χ1n) is 6.39. The first kappa shape index (κ1) is 14.0. The Balaban J connectivity index is 1.91. The lowest BCUT2D eigenvalue weighted by molar-refractivity contribution is -0.123. The van der Waals surface area contributed by atoms with Gasteiger partial charge in [-0.3, -0.25) is 9.59 Å². The van der Waals surface area contributed by atoms with E-state index in [2.05, 4.69) is 10.6 Å². The van der Waals surface area contributed by atoms with Gasteiger partial charge in [0.1, 0.15) is 0 Å². The van der Waals surface area contributed by atoms with Crippen molar-refractivity contribution in [1.29, 1.82) is 0 Å². The molecular formula is C12H23N3O2. The van der Waals surface area contributed by atoms with Crippen LogP contribution in [0.1, 0.15) is 45.4 Å². The topological polar surface area (TPSA) is 84.2 Å². The van der Waals surface area contributed by atoms with Crippen molar-refractivity contribution in [1.82, 2.24) is 10.6 Å². The molecule has 1 atom stereocenters. The molecule has 0 heterocycles. The first-order valence-corrected chi connectivity index (χ1v) is 6.39. The quantitative estimate of drug-likeness (QED) is 0.534. The number of hydrogen-bond donors (Lipinski definition) is 3. The molecule has 0 aromatic heterocycles. The highest BCUT2D eigenvalue weighted by molar-refractivity contribution is 5.77. The van der Waals surface area contributed by atoms with Gasteiger partial charge in [0.05, 0.1) is 0 Å². The second-order valence-corrected chi connectivity index (χ2v) is 4.81. The Hall–Kier alpha value is -1.10. The van der Waals surface area contributed by atoms with Gasteiger partial charge >= 0.3 is 0 Å². The predicted molar refractivity (Wildman–Crippen MR) is 66.3 cm³/mol. The summed E-state index contributed by atoms with van der Waals surface area (Å²) in [7, 11) is 0. The van der Waals surface area contributed by atoms with Crippen molar-refractivity contribution in [2.24, 2.45) is 5.73 Å². The molecule has 4 N–H and O–H groups in total. The second-order valence-electron chi connectivity index (χ2n) is 4.81. The molecule has 5 heteroatoms. The lowest BCUT2D eigenvalue weighted by atomic mass is 10.2. The van der Waals surface area contributed by atoms with Crippen LogP contribution >= 0.6 is 0 Å². The molecule has 2 amide bonds. The minimum absolute atomic E-state index is 0.0184. The highest BCUT2D eigenvalue weighted by Gasteiger charge is 2.22. The van der Waals surface area contributed by atoms with Gasteiger partial charge in [0.25, 0.3) is 0 Å². The summed E-state index contributed by atoms with van der Waals surface area (Å²) in [5, 5.41) is 5.70. The molecule has 0 aliphatic heterocycles. The van der Waals surface area contributed by atoms with Crippen LogP contribution < -0.4 is 16.4 Å². The van der Waals surface area contributed by atoms with E-state index >= 15 is 0 Å². The van der Waals surface area contributed by atoms with Crippen LogP contribution in [0.5, 0.6) is 0 Å². The Labute approximate surface area is 103 Å². The molecule has 0 spiro atoms. The maximum Gasteiger partial charge on any atom is 0.220 e. The normalized spacial score (nSPS) is 16.4. The van der Waals surface area contributed by atoms with Crippen LogP contribution in [-0.2, 0) is 9.59 Å². The van der Waals surface area contributed by atoms with E-state index in [9.17, 15) is 9.59 Å². The number of carbonyl (C=O) groups is 2. The van der Waals surface area contributed by atoms with E-state index in [1.165, 1.54) is 0 Å². The molecule has 5 nitrogen and oxygen atoms in total. The largest absolute Gasteiger partial charge is 0.356 e. The Kier molecular flexibility index (Phi) is 5.97. The third kappa shape index (κ3) is 7.74. The van der Waals surface area contributed by atoms with E-state index < -0.39 is 0 Å². The van der Waals surface area contributed by atoms with E-state index in [4.69, 9.17) is 5.73 Å². The summed E-state index contributed by atoms with van der Waals surface area (Å²) in [6, 6.07) is 0.480. The average molecular weight is 241 g/mol. The third-order valence-corrected chi connectivity index (χ3v) is 2.67. The smallest absolute Gasteiger partial charge is 0.220 e. The number of hydrogen-bond acceptors (Lipinski definition) is 3. The van der Waals surface area contributed by atoms with Gasteiger partial charge in [0.2, 0.25) is 11.8 Å². The molecule has 1 rings (SSSR count). The van der Waals surface area contributed by atoms with Crippen molar-refractivity contribution in [3.63, 3.8) is 0 Å². The summed E-state index contributed by atoms with van der Waals surface area (Å²) < 4.78 is 0. The minimum Gasteiger partial charge on any atom is -0.356 e. The van der Waals surface area contributed by atoms with Crippen molar-refractivity contribution in [3.05, 3.63) is 0 Å². The molecule has 0 radical (unpaired) electrons. The third-order valence-electron chi connectivity index (χ3n) is 2.67. The van der Waals surface area contributed by atoms with Gasteiger partial charge in [0.15, 0.2) is 0 Å². The van der Waals surface area contributed by atoms with Gasteiger partial charge in [-0.15, -0.1) is 0 Å². The number of carbonyl (C=O) groups excluding carboxylic acids is 2. The summed E-state index contributed by atoms with van der Waals surface area (Å²) >= 11 is 0. The van der Waals surface area contributed by atoms with Crippen LogP contribution in [0.3, 0.4) is 0 Å². The highest BCUT2D eigenvalue weighted by Crippen LogP contribution is 2.18. The van der Waals surface area contributed by atoms with E-state index in [1.807, 2.05) is 6.92 Å². The molecule has 1 aliphatic rings. The molecule has 0 aromatic carbocycles. The molecular weight excluding hydrogens is 218 g/mol. The number of nitrogens with one attached hydrogen (secondary N) is 2. The van der Waals surface area contributed by atoms with E-state index in [-0.39, 0.29) is 17.9 Å². The fourth-order valence-electron chi connectivity index (χ4n) is 1.45. The summed E-state index contributed by atoms with van der Waals surface area (Å²) in [6.45, 7) is 2.45. The average Bonchev–Trinajstić information content (AvgIpc) is 3.05. The molecule has 1 unspecified atom stereocenters. The Morgan fingerprint density at radius 2 is 2.00 bits per heavy atom. The van der Waals surface area contributed by atoms with E-state index in [0.717, 1.165) is 12.8 Å². The van der Waals surface area contributed by atoms with Gasteiger partial charge in [-0.25, -0.2) is 0 Å². The van der Waals surface area contributed by atoms with Crippen LogP contribution in [0.25, 0.3) is 0 Å². The van der Waals surface area contributed by atoms with E-state index in [1.54, 1.807) is 0 Å². The fraction of sp³-hybridized carbons (Fsp3) is 0.833. The zero-order valence-corrected chi connectivity index (χ0v) is 10.5. The van der Waals surface area contributed by atoms with Crippen LogP contribution in [0.15, 0.2) is 0 Å². The van der Waals surface area contributed by atoms with Gasteiger partial charge < -0.3 is 16.4 Å². The number of amides is 2. The predicted octanol–water partition coefficient (Wildman–Crippen LogP) is 0.289. The van der Waals surface area contributed by atoms with Gasteiger partial charge in [-0.05, 0) is 32.6 Å². The molecule has 98 valence electrons. The molecule has 1 saturated carbocycles. The fourth-order valence-corrected chi connectivity index (χ4v) is 1.45. The summed E-state index contributed by atoms with van der Waals surface area (Å²) in [5.74, 6) is 0.113. The van der Waals surface area contributed by atoms with Gasteiger partial charge in [-0.1, -0.05) is 0 Å². The highest BCUT2D eigenvalue weighted by atomic mass is 16.2. The van der Waals surface area contributed by atoms with Gasteiger partial charge in [0, 0.05) is 31.5 Å². The van der Waals surface area contributed by atoms with Crippen LogP contribution in [0, 0.1) is 0 Å². The van der Waals surface area contributed by atoms with Crippen molar-refractivity contribution in [2.75, 3.05) is 6.54 Å². The SMILES string of the molecule is CC(N)CCC(=O)NCCCC(=O)NC1CC1. The zero-order chi connectivity index (χ0) is 12.7. The monoisotopic (exact) mass is 241 g/mol. The van der Waals surface area contributed by atoms with E-state index in [0.29, 0.717) is 38.3 Å². The number of rotatable bonds is 8. The summed E-state index contributed by atoms with van der Waals surface area (Å²) in [5.41, 5.74) is 5.55.